The van der Waals surface area contributed by atoms with Crippen molar-refractivity contribution in [3.63, 3.8) is 0 Å². The topological polar surface area (TPSA) is 52.6 Å². The van der Waals surface area contributed by atoms with Crippen molar-refractivity contribution in [1.29, 1.82) is 0 Å². The van der Waals surface area contributed by atoms with E-state index in [0.717, 1.165) is 32.3 Å². The maximum absolute atomic E-state index is 12.7. The highest BCUT2D eigenvalue weighted by molar-refractivity contribution is 7.93. The molecule has 5 atom stereocenters. The molecule has 0 radical (unpaired) electrons. The quantitative estimate of drug-likeness (QED) is 0.741. The Labute approximate surface area is 115 Å². The molecule has 0 aromatic heterocycles. The van der Waals surface area contributed by atoms with Gasteiger partial charge in [0.25, 0.3) is 0 Å². The van der Waals surface area contributed by atoms with E-state index >= 15 is 0 Å². The van der Waals surface area contributed by atoms with Gasteiger partial charge in [0.1, 0.15) is 0 Å². The Morgan fingerprint density at radius 2 is 1.84 bits per heavy atom. The molecular formula is C14H24O4S. The summed E-state index contributed by atoms with van der Waals surface area (Å²) in [6.07, 6.45) is 3.09. The van der Waals surface area contributed by atoms with E-state index in [1.54, 1.807) is 0 Å². The van der Waals surface area contributed by atoms with Crippen LogP contribution in [0, 0.1) is 11.3 Å². The zero-order valence-electron chi connectivity index (χ0n) is 12.0. The van der Waals surface area contributed by atoms with Crippen LogP contribution in [0.1, 0.15) is 46.5 Å². The highest BCUT2D eigenvalue weighted by atomic mass is 32.2. The Morgan fingerprint density at radius 3 is 2.42 bits per heavy atom. The molecule has 110 valence electrons. The SMILES string of the molecule is CC(C)(C)C1CCC(C2CC3CCOC3O2)S1(=O)=O. The molecule has 3 aliphatic heterocycles. The van der Waals surface area contributed by atoms with Crippen LogP contribution < -0.4 is 0 Å². The van der Waals surface area contributed by atoms with Gasteiger partial charge >= 0.3 is 0 Å². The maximum Gasteiger partial charge on any atom is 0.160 e. The van der Waals surface area contributed by atoms with Crippen LogP contribution in [0.4, 0.5) is 0 Å². The van der Waals surface area contributed by atoms with Gasteiger partial charge in [-0.05, 0) is 31.1 Å². The number of ether oxygens (including phenoxy) is 2. The van der Waals surface area contributed by atoms with Crippen molar-refractivity contribution in [2.45, 2.75) is 69.3 Å². The van der Waals surface area contributed by atoms with E-state index in [-0.39, 0.29) is 28.3 Å². The molecule has 0 spiro atoms. The lowest BCUT2D eigenvalue weighted by molar-refractivity contribution is -0.116. The number of hydrogen-bond donors (Lipinski definition) is 0. The summed E-state index contributed by atoms with van der Waals surface area (Å²) >= 11 is 0. The molecule has 0 saturated carbocycles. The van der Waals surface area contributed by atoms with Crippen molar-refractivity contribution < 1.29 is 17.9 Å². The summed E-state index contributed by atoms with van der Waals surface area (Å²) in [7, 11) is -3.08. The van der Waals surface area contributed by atoms with Crippen molar-refractivity contribution in [1.82, 2.24) is 0 Å². The first-order valence-electron chi connectivity index (χ1n) is 7.30. The van der Waals surface area contributed by atoms with Gasteiger partial charge in [-0.25, -0.2) is 8.42 Å². The third-order valence-electron chi connectivity index (χ3n) is 4.91. The average Bonchev–Trinajstić information content (AvgIpc) is 2.86. The first-order valence-corrected chi connectivity index (χ1v) is 8.91. The minimum absolute atomic E-state index is 0.145. The Morgan fingerprint density at radius 1 is 1.11 bits per heavy atom. The summed E-state index contributed by atoms with van der Waals surface area (Å²) < 4.78 is 36.8. The van der Waals surface area contributed by atoms with Gasteiger partial charge in [0.05, 0.1) is 23.2 Å². The molecule has 3 heterocycles. The lowest BCUT2D eigenvalue weighted by Gasteiger charge is -2.27. The fourth-order valence-electron chi connectivity index (χ4n) is 3.93. The molecule has 19 heavy (non-hydrogen) atoms. The van der Waals surface area contributed by atoms with Gasteiger partial charge in [-0.15, -0.1) is 0 Å². The predicted molar refractivity (Wildman–Crippen MR) is 72.5 cm³/mol. The van der Waals surface area contributed by atoms with Crippen LogP contribution >= 0.6 is 0 Å². The fraction of sp³-hybridized carbons (Fsp3) is 1.00. The summed E-state index contributed by atoms with van der Waals surface area (Å²) in [5.41, 5.74) is -0.182. The summed E-state index contributed by atoms with van der Waals surface area (Å²) in [6, 6.07) is 0. The van der Waals surface area contributed by atoms with E-state index in [0.29, 0.717) is 5.92 Å². The smallest absolute Gasteiger partial charge is 0.160 e. The first kappa shape index (κ1) is 13.8. The van der Waals surface area contributed by atoms with E-state index < -0.39 is 9.84 Å². The summed E-state index contributed by atoms with van der Waals surface area (Å²) in [5, 5.41) is -0.541. The molecule has 0 aromatic rings. The molecule has 5 heteroatoms. The third kappa shape index (κ3) is 2.24. The van der Waals surface area contributed by atoms with Crippen LogP contribution in [-0.4, -0.2) is 37.9 Å². The lowest BCUT2D eigenvalue weighted by Crippen LogP contribution is -2.38. The second kappa shape index (κ2) is 4.43. The van der Waals surface area contributed by atoms with Gasteiger partial charge in [-0.1, -0.05) is 20.8 Å². The highest BCUT2D eigenvalue weighted by Gasteiger charge is 2.53. The normalized spacial score (nSPS) is 45.5. The van der Waals surface area contributed by atoms with Crippen LogP contribution in [0.2, 0.25) is 0 Å². The number of hydrogen-bond acceptors (Lipinski definition) is 4. The lowest BCUT2D eigenvalue weighted by atomic mass is 9.88. The van der Waals surface area contributed by atoms with Crippen LogP contribution in [-0.2, 0) is 19.3 Å². The number of sulfone groups is 1. The summed E-state index contributed by atoms with van der Waals surface area (Å²) in [4.78, 5) is 0. The molecule has 3 saturated heterocycles. The van der Waals surface area contributed by atoms with Gasteiger partial charge in [0, 0.05) is 5.92 Å². The molecule has 0 bridgehead atoms. The van der Waals surface area contributed by atoms with Gasteiger partial charge in [-0.2, -0.15) is 0 Å². The Kier molecular flexibility index (Phi) is 3.23. The second-order valence-electron chi connectivity index (χ2n) is 7.26. The van der Waals surface area contributed by atoms with Crippen LogP contribution in [0.25, 0.3) is 0 Å². The van der Waals surface area contributed by atoms with Gasteiger partial charge in [-0.3, -0.25) is 0 Å². The molecule has 3 rings (SSSR count). The minimum Gasteiger partial charge on any atom is -0.352 e. The van der Waals surface area contributed by atoms with E-state index in [2.05, 4.69) is 0 Å². The molecule has 3 aliphatic rings. The van der Waals surface area contributed by atoms with Gasteiger partial charge < -0.3 is 9.47 Å². The van der Waals surface area contributed by atoms with Crippen molar-refractivity contribution in [2.24, 2.45) is 11.3 Å². The van der Waals surface area contributed by atoms with Crippen LogP contribution in [0.5, 0.6) is 0 Å². The Hall–Kier alpha value is -0.130. The van der Waals surface area contributed by atoms with E-state index in [4.69, 9.17) is 9.47 Å². The van der Waals surface area contributed by atoms with Crippen molar-refractivity contribution in [3.8, 4) is 0 Å². The third-order valence-corrected chi connectivity index (χ3v) is 8.03. The summed E-state index contributed by atoms with van der Waals surface area (Å²) in [5.74, 6) is 0.411. The zero-order valence-corrected chi connectivity index (χ0v) is 12.8. The molecule has 5 unspecified atom stereocenters. The first-order chi connectivity index (χ1) is 8.80. The summed E-state index contributed by atoms with van der Waals surface area (Å²) in [6.45, 7) is 6.81. The van der Waals surface area contributed by atoms with Crippen LogP contribution in [0.3, 0.4) is 0 Å². The highest BCUT2D eigenvalue weighted by Crippen LogP contribution is 2.45. The van der Waals surface area contributed by atoms with Crippen LogP contribution in [0.15, 0.2) is 0 Å². The second-order valence-corrected chi connectivity index (χ2v) is 9.61. The van der Waals surface area contributed by atoms with Crippen molar-refractivity contribution in [2.75, 3.05) is 6.61 Å². The van der Waals surface area contributed by atoms with E-state index in [1.165, 1.54) is 0 Å². The standard InChI is InChI=1S/C14H24O4S/c1-14(2,3)12-5-4-11(19(12,15)16)10-8-9-6-7-17-13(9)18-10/h9-13H,4-8H2,1-3H3. The largest absolute Gasteiger partial charge is 0.352 e. The molecule has 0 amide bonds. The number of fused-ring (bicyclic) bond motifs is 1. The molecule has 4 nitrogen and oxygen atoms in total. The Bertz CT molecular complexity index is 439. The van der Waals surface area contributed by atoms with Gasteiger partial charge in [0.2, 0.25) is 0 Å². The maximum atomic E-state index is 12.7. The molecule has 3 fully saturated rings. The minimum atomic E-state index is -3.08. The molecular weight excluding hydrogens is 264 g/mol. The molecule has 0 aliphatic carbocycles. The Balaban J connectivity index is 1.77. The van der Waals surface area contributed by atoms with Gasteiger partial charge in [0.15, 0.2) is 16.1 Å². The zero-order chi connectivity index (χ0) is 13.8. The number of rotatable bonds is 1. The molecule has 0 N–H and O–H groups in total. The monoisotopic (exact) mass is 288 g/mol. The van der Waals surface area contributed by atoms with Crippen molar-refractivity contribution >= 4 is 9.84 Å². The average molecular weight is 288 g/mol. The van der Waals surface area contributed by atoms with E-state index in [1.807, 2.05) is 20.8 Å². The molecule has 0 aromatic carbocycles. The predicted octanol–water partition coefficient (Wildman–Crippen LogP) is 2.13. The van der Waals surface area contributed by atoms with E-state index in [9.17, 15) is 8.42 Å². The fourth-order valence-corrected chi connectivity index (χ4v) is 6.87. The van der Waals surface area contributed by atoms with Crippen molar-refractivity contribution in [3.05, 3.63) is 0 Å².